The lowest BCUT2D eigenvalue weighted by Crippen LogP contribution is -2.46. The number of anilines is 1. The monoisotopic (exact) mass is 418 g/mol. The highest BCUT2D eigenvalue weighted by Gasteiger charge is 2.29. The first-order chi connectivity index (χ1) is 13.7. The van der Waals surface area contributed by atoms with Gasteiger partial charge in [0, 0.05) is 42.1 Å². The number of amides is 1. The minimum atomic E-state index is 0.0549. The molecule has 2 heterocycles. The fourth-order valence-electron chi connectivity index (χ4n) is 4.16. The van der Waals surface area contributed by atoms with Gasteiger partial charge in [-0.3, -0.25) is 4.79 Å². The maximum absolute atomic E-state index is 12.7. The molecule has 1 aliphatic heterocycles. The molecule has 1 saturated heterocycles. The summed E-state index contributed by atoms with van der Waals surface area (Å²) in [5.41, 5.74) is 1.15. The van der Waals surface area contributed by atoms with E-state index in [1.165, 1.54) is 30.8 Å². The fraction of sp³-hybridized carbons (Fsp3) is 0.571. The van der Waals surface area contributed by atoms with Crippen molar-refractivity contribution in [3.63, 3.8) is 0 Å². The Hall–Kier alpha value is -1.66. The SMILES string of the molecule is O=C(NC1CCCCC1)[C@@H]1CCCN(c2nc(Cc3ccc(Cl)cc3)ns2)C1. The van der Waals surface area contributed by atoms with Crippen molar-refractivity contribution >= 4 is 34.2 Å². The van der Waals surface area contributed by atoms with E-state index in [2.05, 4.69) is 14.6 Å². The molecule has 1 atom stereocenters. The number of carbonyl (C=O) groups excluding carboxylic acids is 1. The third kappa shape index (κ3) is 5.03. The molecule has 2 fully saturated rings. The van der Waals surface area contributed by atoms with Gasteiger partial charge in [-0.1, -0.05) is 43.0 Å². The molecule has 1 amide bonds. The molecular weight excluding hydrogens is 392 g/mol. The Bertz CT molecular complexity index is 788. The van der Waals surface area contributed by atoms with Gasteiger partial charge in [-0.2, -0.15) is 4.37 Å². The smallest absolute Gasteiger partial charge is 0.225 e. The van der Waals surface area contributed by atoms with Crippen LogP contribution < -0.4 is 10.2 Å². The lowest BCUT2D eigenvalue weighted by atomic mass is 9.93. The first-order valence-electron chi connectivity index (χ1n) is 10.3. The number of nitrogens with one attached hydrogen (secondary N) is 1. The Balaban J connectivity index is 1.34. The van der Waals surface area contributed by atoms with E-state index < -0.39 is 0 Å². The van der Waals surface area contributed by atoms with Crippen molar-refractivity contribution in [1.82, 2.24) is 14.7 Å². The summed E-state index contributed by atoms with van der Waals surface area (Å²) in [4.78, 5) is 19.7. The molecule has 2 aromatic rings. The summed E-state index contributed by atoms with van der Waals surface area (Å²) in [7, 11) is 0. The molecule has 1 saturated carbocycles. The van der Waals surface area contributed by atoms with Crippen LogP contribution in [0.5, 0.6) is 0 Å². The van der Waals surface area contributed by atoms with Gasteiger partial charge in [0.2, 0.25) is 11.0 Å². The van der Waals surface area contributed by atoms with E-state index in [4.69, 9.17) is 16.6 Å². The molecule has 1 N–H and O–H groups in total. The average Bonchev–Trinajstić information content (AvgIpc) is 3.19. The minimum absolute atomic E-state index is 0.0549. The van der Waals surface area contributed by atoms with Crippen molar-refractivity contribution < 1.29 is 4.79 Å². The second-order valence-corrected chi connectivity index (χ2v) is 9.09. The van der Waals surface area contributed by atoms with Gasteiger partial charge in [-0.25, -0.2) is 4.98 Å². The highest BCUT2D eigenvalue weighted by atomic mass is 35.5. The first-order valence-corrected chi connectivity index (χ1v) is 11.4. The van der Waals surface area contributed by atoms with Crippen LogP contribution in [0.1, 0.15) is 56.3 Å². The van der Waals surface area contributed by atoms with E-state index in [1.807, 2.05) is 24.3 Å². The van der Waals surface area contributed by atoms with Gasteiger partial charge in [0.15, 0.2) is 0 Å². The lowest BCUT2D eigenvalue weighted by molar-refractivity contribution is -0.126. The standard InChI is InChI=1S/C21H27ClN4OS/c22-17-10-8-15(9-11-17)13-19-24-21(28-25-19)26-12-4-5-16(14-26)20(27)23-18-6-2-1-3-7-18/h8-11,16,18H,1-7,12-14H2,(H,23,27)/t16-/m1/s1. The Morgan fingerprint density at radius 3 is 2.71 bits per heavy atom. The van der Waals surface area contributed by atoms with Crippen LogP contribution in [0.25, 0.3) is 0 Å². The molecule has 5 nitrogen and oxygen atoms in total. The topological polar surface area (TPSA) is 58.1 Å². The summed E-state index contributed by atoms with van der Waals surface area (Å²) in [6.07, 6.45) is 8.73. The summed E-state index contributed by atoms with van der Waals surface area (Å²) >= 11 is 7.39. The number of hydrogen-bond acceptors (Lipinski definition) is 5. The molecule has 0 unspecified atom stereocenters. The van der Waals surface area contributed by atoms with Crippen LogP contribution in [-0.2, 0) is 11.2 Å². The number of hydrogen-bond donors (Lipinski definition) is 1. The number of carbonyl (C=O) groups is 1. The van der Waals surface area contributed by atoms with E-state index in [9.17, 15) is 4.79 Å². The normalized spacial score (nSPS) is 20.9. The zero-order valence-corrected chi connectivity index (χ0v) is 17.6. The molecule has 1 aliphatic carbocycles. The van der Waals surface area contributed by atoms with Crippen molar-refractivity contribution in [1.29, 1.82) is 0 Å². The molecule has 150 valence electrons. The Morgan fingerprint density at radius 1 is 1.14 bits per heavy atom. The maximum Gasteiger partial charge on any atom is 0.225 e. The molecule has 28 heavy (non-hydrogen) atoms. The molecule has 7 heteroatoms. The largest absolute Gasteiger partial charge is 0.353 e. The average molecular weight is 419 g/mol. The Labute approximate surface area is 175 Å². The van der Waals surface area contributed by atoms with Crippen LogP contribution in [0.15, 0.2) is 24.3 Å². The molecule has 0 bridgehead atoms. The molecule has 1 aromatic carbocycles. The number of nitrogens with zero attached hydrogens (tertiary/aromatic N) is 3. The van der Waals surface area contributed by atoms with E-state index >= 15 is 0 Å². The molecule has 1 aromatic heterocycles. The molecule has 4 rings (SSSR count). The Kier molecular flexibility index (Phi) is 6.47. The van der Waals surface area contributed by atoms with Crippen molar-refractivity contribution in [2.75, 3.05) is 18.0 Å². The van der Waals surface area contributed by atoms with Crippen LogP contribution in [0.2, 0.25) is 5.02 Å². The van der Waals surface area contributed by atoms with Gasteiger partial charge in [0.1, 0.15) is 5.82 Å². The van der Waals surface area contributed by atoms with Crippen molar-refractivity contribution in [2.24, 2.45) is 5.92 Å². The highest BCUT2D eigenvalue weighted by Crippen LogP contribution is 2.26. The Morgan fingerprint density at radius 2 is 1.93 bits per heavy atom. The second-order valence-electron chi connectivity index (χ2n) is 7.93. The summed E-state index contributed by atoms with van der Waals surface area (Å²) in [5, 5.41) is 4.96. The van der Waals surface area contributed by atoms with Gasteiger partial charge in [0.05, 0.1) is 5.92 Å². The van der Waals surface area contributed by atoms with Crippen molar-refractivity contribution in [3.8, 4) is 0 Å². The number of benzene rings is 1. The zero-order chi connectivity index (χ0) is 19.3. The number of rotatable bonds is 5. The van der Waals surface area contributed by atoms with Crippen LogP contribution in [0.3, 0.4) is 0 Å². The summed E-state index contributed by atoms with van der Waals surface area (Å²) in [6.45, 7) is 1.69. The number of piperidine rings is 1. The van der Waals surface area contributed by atoms with Gasteiger partial charge >= 0.3 is 0 Å². The van der Waals surface area contributed by atoms with Gasteiger partial charge in [0.25, 0.3) is 0 Å². The highest BCUT2D eigenvalue weighted by molar-refractivity contribution is 7.09. The summed E-state index contributed by atoms with van der Waals surface area (Å²) in [5.74, 6) is 1.11. The van der Waals surface area contributed by atoms with Crippen LogP contribution >= 0.6 is 23.1 Å². The van der Waals surface area contributed by atoms with Gasteiger partial charge < -0.3 is 10.2 Å². The first kappa shape index (κ1) is 19.6. The molecule has 0 radical (unpaired) electrons. The molecular formula is C21H27ClN4OS. The van der Waals surface area contributed by atoms with Gasteiger partial charge in [-0.05, 0) is 43.4 Å². The van der Waals surface area contributed by atoms with Crippen LogP contribution in [0.4, 0.5) is 5.13 Å². The van der Waals surface area contributed by atoms with Crippen molar-refractivity contribution in [2.45, 2.75) is 57.4 Å². The van der Waals surface area contributed by atoms with Crippen molar-refractivity contribution in [3.05, 3.63) is 40.7 Å². The number of aromatic nitrogens is 2. The van der Waals surface area contributed by atoms with E-state index in [-0.39, 0.29) is 11.8 Å². The quantitative estimate of drug-likeness (QED) is 0.779. The van der Waals surface area contributed by atoms with E-state index in [1.54, 1.807) is 0 Å². The molecule has 2 aliphatic rings. The lowest BCUT2D eigenvalue weighted by Gasteiger charge is -2.33. The van der Waals surface area contributed by atoms with Crippen LogP contribution in [-0.4, -0.2) is 34.4 Å². The fourth-order valence-corrected chi connectivity index (χ4v) is 5.01. The van der Waals surface area contributed by atoms with E-state index in [0.29, 0.717) is 12.5 Å². The minimum Gasteiger partial charge on any atom is -0.353 e. The maximum atomic E-state index is 12.7. The van der Waals surface area contributed by atoms with Gasteiger partial charge in [-0.15, -0.1) is 0 Å². The predicted octanol–water partition coefficient (Wildman–Crippen LogP) is 4.45. The van der Waals surface area contributed by atoms with Crippen LogP contribution in [0, 0.1) is 5.92 Å². The van der Waals surface area contributed by atoms with E-state index in [0.717, 1.165) is 60.3 Å². The zero-order valence-electron chi connectivity index (χ0n) is 16.1. The second kappa shape index (κ2) is 9.23. The predicted molar refractivity (Wildman–Crippen MR) is 114 cm³/mol. The third-order valence-corrected chi connectivity index (χ3v) is 6.81. The number of halogens is 1. The third-order valence-electron chi connectivity index (χ3n) is 5.75. The summed E-state index contributed by atoms with van der Waals surface area (Å²) in [6, 6.07) is 8.18. The summed E-state index contributed by atoms with van der Waals surface area (Å²) < 4.78 is 4.53. The molecule has 0 spiro atoms.